The Morgan fingerprint density at radius 1 is 1.29 bits per heavy atom. The van der Waals surface area contributed by atoms with Crippen LogP contribution in [0, 0.1) is 5.92 Å². The quantitative estimate of drug-likeness (QED) is 0.658. The third kappa shape index (κ3) is 5.98. The first-order chi connectivity index (χ1) is 14.7. The third-order valence-corrected chi connectivity index (χ3v) is 5.96. The van der Waals surface area contributed by atoms with E-state index in [0.29, 0.717) is 18.4 Å². The molecule has 0 unspecified atom stereocenters. The molecule has 2 heterocycles. The number of nitrogens with zero attached hydrogens (tertiary/aromatic N) is 3. The van der Waals surface area contributed by atoms with Crippen molar-refractivity contribution in [2.75, 3.05) is 27.2 Å². The maximum absolute atomic E-state index is 13.0. The number of fused-ring (bicyclic) bond motifs is 1. The number of hydrogen-bond donors (Lipinski definition) is 1. The summed E-state index contributed by atoms with van der Waals surface area (Å²) >= 11 is 0. The second-order valence-corrected chi connectivity index (χ2v) is 9.66. The van der Waals surface area contributed by atoms with Crippen molar-refractivity contribution in [1.29, 1.82) is 0 Å². The summed E-state index contributed by atoms with van der Waals surface area (Å²) in [5.41, 5.74) is 1.05. The summed E-state index contributed by atoms with van der Waals surface area (Å²) in [6, 6.07) is 6.37. The highest BCUT2D eigenvalue weighted by Crippen LogP contribution is 2.30. The van der Waals surface area contributed by atoms with Crippen LogP contribution in [0.1, 0.15) is 52.5 Å². The Labute approximate surface area is 186 Å². The molecule has 2 aromatic rings. The standard InChI is InChI=1S/C24H38N4O3/c1-17(2)9-14-28-21-8-7-18(16-30-6)15-20(21)22(26-28)31-24(3,4)23(29)25-19-10-12-27(5)13-11-19/h7-8,15,17,19H,9-14,16H2,1-6H3,(H,25,29). The van der Waals surface area contributed by atoms with E-state index in [1.807, 2.05) is 18.5 Å². The molecule has 1 aromatic heterocycles. The van der Waals surface area contributed by atoms with Crippen LogP contribution in [-0.4, -0.2) is 59.5 Å². The van der Waals surface area contributed by atoms with Gasteiger partial charge < -0.3 is 19.7 Å². The van der Waals surface area contributed by atoms with Gasteiger partial charge in [-0.05, 0) is 76.9 Å². The first-order valence-corrected chi connectivity index (χ1v) is 11.4. The van der Waals surface area contributed by atoms with Crippen molar-refractivity contribution < 1.29 is 14.3 Å². The molecule has 0 spiro atoms. The maximum atomic E-state index is 13.0. The van der Waals surface area contributed by atoms with Gasteiger partial charge in [0.05, 0.1) is 17.5 Å². The lowest BCUT2D eigenvalue weighted by molar-refractivity contribution is -0.135. The number of aromatic nitrogens is 2. The number of likely N-dealkylation sites (tertiary alicyclic amines) is 1. The van der Waals surface area contributed by atoms with Gasteiger partial charge in [-0.15, -0.1) is 5.10 Å². The van der Waals surface area contributed by atoms with E-state index in [1.165, 1.54) is 0 Å². The van der Waals surface area contributed by atoms with Crippen molar-refractivity contribution in [2.45, 2.75) is 71.8 Å². The predicted molar refractivity (Wildman–Crippen MR) is 123 cm³/mol. The monoisotopic (exact) mass is 430 g/mol. The number of carbonyl (C=O) groups is 1. The smallest absolute Gasteiger partial charge is 0.263 e. The number of aryl methyl sites for hydroxylation is 1. The third-order valence-electron chi connectivity index (χ3n) is 5.96. The molecule has 1 fully saturated rings. The SMILES string of the molecule is COCc1ccc2c(c1)c(OC(C)(C)C(=O)NC1CCN(C)CC1)nn2CCC(C)C. The molecule has 1 aromatic carbocycles. The topological polar surface area (TPSA) is 68.6 Å². The van der Waals surface area contributed by atoms with Crippen LogP contribution in [0.2, 0.25) is 0 Å². The minimum absolute atomic E-state index is 0.0972. The number of piperidine rings is 1. The van der Waals surface area contributed by atoms with Crippen LogP contribution in [-0.2, 0) is 22.7 Å². The molecule has 1 aliphatic rings. The minimum Gasteiger partial charge on any atom is -0.460 e. The van der Waals surface area contributed by atoms with Crippen LogP contribution in [0.25, 0.3) is 10.9 Å². The summed E-state index contributed by atoms with van der Waals surface area (Å²) in [5, 5.41) is 8.85. The molecule has 0 aliphatic carbocycles. The Bertz CT molecular complexity index is 882. The number of ether oxygens (including phenoxy) is 2. The van der Waals surface area contributed by atoms with Crippen molar-refractivity contribution in [1.82, 2.24) is 20.0 Å². The minimum atomic E-state index is -1.02. The number of rotatable bonds is 9. The van der Waals surface area contributed by atoms with Gasteiger partial charge in [-0.2, -0.15) is 0 Å². The summed E-state index contributed by atoms with van der Waals surface area (Å²) in [6.07, 6.45) is 2.95. The van der Waals surface area contributed by atoms with Crippen LogP contribution < -0.4 is 10.1 Å². The Hall–Kier alpha value is -2.12. The van der Waals surface area contributed by atoms with Gasteiger partial charge in [-0.25, -0.2) is 0 Å². The van der Waals surface area contributed by atoms with Crippen LogP contribution in [0.3, 0.4) is 0 Å². The molecule has 0 radical (unpaired) electrons. The van der Waals surface area contributed by atoms with Gasteiger partial charge in [-0.3, -0.25) is 9.48 Å². The second kappa shape index (κ2) is 10.0. The highest BCUT2D eigenvalue weighted by Gasteiger charge is 2.34. The lowest BCUT2D eigenvalue weighted by Crippen LogP contribution is -2.52. The van der Waals surface area contributed by atoms with Gasteiger partial charge in [0.2, 0.25) is 5.88 Å². The van der Waals surface area contributed by atoms with Crippen LogP contribution in [0.15, 0.2) is 18.2 Å². The van der Waals surface area contributed by atoms with Crippen LogP contribution in [0.5, 0.6) is 5.88 Å². The van der Waals surface area contributed by atoms with Gasteiger partial charge in [0.1, 0.15) is 0 Å². The normalized spacial score (nSPS) is 16.2. The summed E-state index contributed by atoms with van der Waals surface area (Å²) in [4.78, 5) is 15.3. The summed E-state index contributed by atoms with van der Waals surface area (Å²) in [7, 11) is 3.80. The molecule has 1 amide bonds. The average molecular weight is 431 g/mol. The fourth-order valence-corrected chi connectivity index (χ4v) is 3.88. The van der Waals surface area contributed by atoms with Gasteiger partial charge in [0.25, 0.3) is 5.91 Å². The maximum Gasteiger partial charge on any atom is 0.263 e. The molecule has 1 N–H and O–H groups in total. The molecule has 0 atom stereocenters. The highest BCUT2D eigenvalue weighted by atomic mass is 16.5. The number of amides is 1. The lowest BCUT2D eigenvalue weighted by Gasteiger charge is -2.32. The van der Waals surface area contributed by atoms with E-state index in [0.717, 1.165) is 55.4 Å². The van der Waals surface area contributed by atoms with Gasteiger partial charge >= 0.3 is 0 Å². The fraction of sp³-hybridized carbons (Fsp3) is 0.667. The molecule has 3 rings (SSSR count). The van der Waals surface area contributed by atoms with E-state index < -0.39 is 5.60 Å². The summed E-state index contributed by atoms with van der Waals surface area (Å²) in [5.74, 6) is 0.980. The highest BCUT2D eigenvalue weighted by molar-refractivity contribution is 5.88. The second-order valence-electron chi connectivity index (χ2n) is 9.66. The number of carbonyl (C=O) groups excluding carboxylic acids is 1. The molecule has 7 heteroatoms. The Kier molecular flexibility index (Phi) is 7.59. The Morgan fingerprint density at radius 2 is 2.00 bits per heavy atom. The van der Waals surface area contributed by atoms with Gasteiger partial charge in [-0.1, -0.05) is 19.9 Å². The molecule has 0 bridgehead atoms. The van der Waals surface area contributed by atoms with Crippen molar-refractivity contribution in [2.24, 2.45) is 5.92 Å². The van der Waals surface area contributed by atoms with Crippen molar-refractivity contribution in [3.63, 3.8) is 0 Å². The van der Waals surface area contributed by atoms with Crippen molar-refractivity contribution >= 4 is 16.8 Å². The lowest BCUT2D eigenvalue weighted by atomic mass is 10.0. The number of hydrogen-bond acceptors (Lipinski definition) is 5. The molecule has 31 heavy (non-hydrogen) atoms. The van der Waals surface area contributed by atoms with Crippen molar-refractivity contribution in [3.8, 4) is 5.88 Å². The number of benzene rings is 1. The van der Waals surface area contributed by atoms with Crippen LogP contribution in [0.4, 0.5) is 0 Å². The molecule has 7 nitrogen and oxygen atoms in total. The van der Waals surface area contributed by atoms with Gasteiger partial charge in [0, 0.05) is 19.7 Å². The zero-order valence-corrected chi connectivity index (χ0v) is 19.9. The molecular formula is C24H38N4O3. The van der Waals surface area contributed by atoms with Crippen molar-refractivity contribution in [3.05, 3.63) is 23.8 Å². The first-order valence-electron chi connectivity index (χ1n) is 11.4. The first kappa shape index (κ1) is 23.5. The van der Waals surface area contributed by atoms with E-state index in [1.54, 1.807) is 7.11 Å². The molecule has 1 saturated heterocycles. The Balaban J connectivity index is 1.81. The Morgan fingerprint density at radius 3 is 2.65 bits per heavy atom. The summed E-state index contributed by atoms with van der Waals surface area (Å²) < 4.78 is 13.6. The molecular weight excluding hydrogens is 392 g/mol. The van der Waals surface area contributed by atoms with E-state index >= 15 is 0 Å². The number of nitrogens with one attached hydrogen (secondary N) is 1. The zero-order valence-electron chi connectivity index (χ0n) is 19.9. The van der Waals surface area contributed by atoms with E-state index in [9.17, 15) is 4.79 Å². The van der Waals surface area contributed by atoms with E-state index in [2.05, 4.69) is 49.3 Å². The largest absolute Gasteiger partial charge is 0.460 e. The average Bonchev–Trinajstić information content (AvgIpc) is 3.04. The van der Waals surface area contributed by atoms with E-state index in [4.69, 9.17) is 14.6 Å². The fourth-order valence-electron chi connectivity index (χ4n) is 3.88. The number of methoxy groups -OCH3 is 1. The van der Waals surface area contributed by atoms with E-state index in [-0.39, 0.29) is 11.9 Å². The molecule has 1 aliphatic heterocycles. The van der Waals surface area contributed by atoms with Gasteiger partial charge in [0.15, 0.2) is 5.60 Å². The predicted octanol–water partition coefficient (Wildman–Crippen LogP) is 3.60. The van der Waals surface area contributed by atoms with Crippen LogP contribution >= 0.6 is 0 Å². The summed E-state index contributed by atoms with van der Waals surface area (Å²) in [6.45, 7) is 11.4. The molecule has 0 saturated carbocycles. The molecule has 172 valence electrons. The zero-order chi connectivity index (χ0) is 22.6.